The van der Waals surface area contributed by atoms with E-state index in [2.05, 4.69) is 18.2 Å². The van der Waals surface area contributed by atoms with Gasteiger partial charge in [0, 0.05) is 11.6 Å². The fraction of sp³-hybridized carbons (Fsp3) is 0.471. The normalized spacial score (nSPS) is 20.3. The van der Waals surface area contributed by atoms with Gasteiger partial charge in [0.05, 0.1) is 7.11 Å². The summed E-state index contributed by atoms with van der Waals surface area (Å²) in [5.74, 6) is 1.80. The molecule has 0 bridgehead atoms. The van der Waals surface area contributed by atoms with E-state index in [1.54, 1.807) is 0 Å². The largest absolute Gasteiger partial charge is 0.493 e. The molecule has 1 aromatic carbocycles. The molecule has 118 valence electrons. The van der Waals surface area contributed by atoms with Crippen molar-refractivity contribution in [2.45, 2.75) is 32.2 Å². The monoisotopic (exact) mass is 305 g/mol. The van der Waals surface area contributed by atoms with Crippen molar-refractivity contribution < 1.29 is 18.7 Å². The zero-order valence-corrected chi connectivity index (χ0v) is 12.8. The molecule has 0 radical (unpaired) electrons. The number of methoxy groups -OCH3 is 1. The summed E-state index contributed by atoms with van der Waals surface area (Å²) in [5, 5.41) is 2.95. The van der Waals surface area contributed by atoms with Crippen LogP contribution in [0.15, 0.2) is 12.1 Å². The Morgan fingerprint density at radius 1 is 1.50 bits per heavy atom. The molecule has 0 aromatic heterocycles. The summed E-state index contributed by atoms with van der Waals surface area (Å²) in [4.78, 5) is 12.3. The molecule has 4 nitrogen and oxygen atoms in total. The van der Waals surface area contributed by atoms with Crippen LogP contribution in [0, 0.1) is 24.1 Å². The van der Waals surface area contributed by atoms with E-state index in [-0.39, 0.29) is 35.6 Å². The van der Waals surface area contributed by atoms with Gasteiger partial charge in [-0.15, -0.1) is 6.42 Å². The van der Waals surface area contributed by atoms with Gasteiger partial charge in [-0.25, -0.2) is 4.39 Å². The smallest absolute Gasteiger partial charge is 0.251 e. The second-order valence-corrected chi connectivity index (χ2v) is 5.47. The SMILES string of the molecule is C#CCOc1c(F)cc(C(=O)NC2CCCC2C)cc1OC. The van der Waals surface area contributed by atoms with Crippen molar-refractivity contribution >= 4 is 5.91 Å². The number of carbonyl (C=O) groups excluding carboxylic acids is 1. The highest BCUT2D eigenvalue weighted by atomic mass is 19.1. The fourth-order valence-corrected chi connectivity index (χ4v) is 2.72. The van der Waals surface area contributed by atoms with Crippen molar-refractivity contribution in [1.82, 2.24) is 5.32 Å². The first-order valence-electron chi connectivity index (χ1n) is 7.31. The highest BCUT2D eigenvalue weighted by Crippen LogP contribution is 2.32. The van der Waals surface area contributed by atoms with Crippen molar-refractivity contribution in [3.63, 3.8) is 0 Å². The Bertz CT molecular complexity index is 594. The standard InChI is InChI=1S/C17H20FNO3/c1-4-8-22-16-13(18)9-12(10-15(16)21-3)17(20)19-14-7-5-6-11(14)2/h1,9-11,14H,5-8H2,2-3H3,(H,19,20). The Morgan fingerprint density at radius 2 is 2.27 bits per heavy atom. The summed E-state index contributed by atoms with van der Waals surface area (Å²) >= 11 is 0. The third-order valence-corrected chi connectivity index (χ3v) is 3.97. The molecule has 0 saturated heterocycles. The second-order valence-electron chi connectivity index (χ2n) is 5.47. The topological polar surface area (TPSA) is 47.6 Å². The Balaban J connectivity index is 2.19. The summed E-state index contributed by atoms with van der Waals surface area (Å²) in [6, 6.07) is 2.74. The highest BCUT2D eigenvalue weighted by molar-refractivity contribution is 5.95. The van der Waals surface area contributed by atoms with Gasteiger partial charge in [-0.2, -0.15) is 0 Å². The summed E-state index contributed by atoms with van der Waals surface area (Å²) in [7, 11) is 1.39. The average molecular weight is 305 g/mol. The molecular weight excluding hydrogens is 285 g/mol. The van der Waals surface area contributed by atoms with Gasteiger partial charge >= 0.3 is 0 Å². The molecule has 22 heavy (non-hydrogen) atoms. The lowest BCUT2D eigenvalue weighted by Crippen LogP contribution is -2.36. The molecule has 1 amide bonds. The van der Waals surface area contributed by atoms with E-state index in [4.69, 9.17) is 15.9 Å². The van der Waals surface area contributed by atoms with Crippen LogP contribution < -0.4 is 14.8 Å². The molecule has 2 rings (SSSR count). The molecule has 1 aromatic rings. The number of amides is 1. The average Bonchev–Trinajstić information content (AvgIpc) is 2.90. The number of ether oxygens (including phenoxy) is 2. The number of terminal acetylenes is 1. The summed E-state index contributed by atoms with van der Waals surface area (Å²) in [5.41, 5.74) is 0.210. The quantitative estimate of drug-likeness (QED) is 0.851. The van der Waals surface area contributed by atoms with E-state index in [1.807, 2.05) is 0 Å². The first-order valence-corrected chi connectivity index (χ1v) is 7.31. The van der Waals surface area contributed by atoms with Gasteiger partial charge in [-0.05, 0) is 30.9 Å². The molecule has 0 heterocycles. The summed E-state index contributed by atoms with van der Waals surface area (Å²) < 4.78 is 24.3. The van der Waals surface area contributed by atoms with Crippen LogP contribution in [0.2, 0.25) is 0 Å². The van der Waals surface area contributed by atoms with E-state index in [0.29, 0.717) is 5.92 Å². The Kier molecular flexibility index (Phi) is 5.26. The van der Waals surface area contributed by atoms with Gasteiger partial charge in [-0.3, -0.25) is 4.79 Å². The number of benzene rings is 1. The number of nitrogens with one attached hydrogen (secondary N) is 1. The molecule has 0 spiro atoms. The molecular formula is C17H20FNO3. The van der Waals surface area contributed by atoms with Crippen molar-refractivity contribution in [1.29, 1.82) is 0 Å². The maximum Gasteiger partial charge on any atom is 0.251 e. The number of rotatable bonds is 5. The zero-order chi connectivity index (χ0) is 16.1. The first kappa shape index (κ1) is 16.2. The van der Waals surface area contributed by atoms with Gasteiger partial charge < -0.3 is 14.8 Å². The van der Waals surface area contributed by atoms with Crippen molar-refractivity contribution in [2.75, 3.05) is 13.7 Å². The molecule has 0 aliphatic heterocycles. The summed E-state index contributed by atoms with van der Waals surface area (Å²) in [6.45, 7) is 2.04. The Hall–Kier alpha value is -2.22. The minimum absolute atomic E-state index is 0.0710. The number of hydrogen-bond donors (Lipinski definition) is 1. The number of halogens is 1. The second kappa shape index (κ2) is 7.17. The van der Waals surface area contributed by atoms with E-state index in [9.17, 15) is 9.18 Å². The van der Waals surface area contributed by atoms with Gasteiger partial charge in [0.2, 0.25) is 0 Å². The van der Waals surface area contributed by atoms with Crippen LogP contribution in [0.5, 0.6) is 11.5 Å². The van der Waals surface area contributed by atoms with E-state index in [0.717, 1.165) is 25.3 Å². The van der Waals surface area contributed by atoms with E-state index in [1.165, 1.54) is 13.2 Å². The maximum absolute atomic E-state index is 14.1. The van der Waals surface area contributed by atoms with Crippen LogP contribution in [0.3, 0.4) is 0 Å². The first-order chi connectivity index (χ1) is 10.6. The van der Waals surface area contributed by atoms with Crippen molar-refractivity contribution in [3.05, 3.63) is 23.5 Å². The number of carbonyl (C=O) groups is 1. The fourth-order valence-electron chi connectivity index (χ4n) is 2.72. The predicted molar refractivity (Wildman–Crippen MR) is 81.5 cm³/mol. The van der Waals surface area contributed by atoms with Crippen LogP contribution in [-0.2, 0) is 0 Å². The third-order valence-electron chi connectivity index (χ3n) is 3.97. The van der Waals surface area contributed by atoms with Gasteiger partial charge in [-0.1, -0.05) is 19.3 Å². The van der Waals surface area contributed by atoms with Gasteiger partial charge in [0.1, 0.15) is 6.61 Å². The lowest BCUT2D eigenvalue weighted by Gasteiger charge is -2.18. The third kappa shape index (κ3) is 3.51. The molecule has 1 fully saturated rings. The zero-order valence-electron chi connectivity index (χ0n) is 12.8. The molecule has 2 unspecified atom stereocenters. The van der Waals surface area contributed by atoms with Crippen LogP contribution in [0.1, 0.15) is 36.5 Å². The molecule has 5 heteroatoms. The van der Waals surface area contributed by atoms with Crippen LogP contribution in [-0.4, -0.2) is 25.7 Å². The van der Waals surface area contributed by atoms with Gasteiger partial charge in [0.25, 0.3) is 5.91 Å². The van der Waals surface area contributed by atoms with Crippen LogP contribution >= 0.6 is 0 Å². The maximum atomic E-state index is 14.1. The van der Waals surface area contributed by atoms with E-state index < -0.39 is 5.82 Å². The molecule has 1 aliphatic carbocycles. The van der Waals surface area contributed by atoms with Crippen LogP contribution in [0.25, 0.3) is 0 Å². The van der Waals surface area contributed by atoms with Crippen molar-refractivity contribution in [3.8, 4) is 23.8 Å². The van der Waals surface area contributed by atoms with Crippen LogP contribution in [0.4, 0.5) is 4.39 Å². The molecule has 2 atom stereocenters. The van der Waals surface area contributed by atoms with Crippen molar-refractivity contribution in [2.24, 2.45) is 5.92 Å². The lowest BCUT2D eigenvalue weighted by molar-refractivity contribution is 0.0928. The Labute approximate surface area is 130 Å². The number of hydrogen-bond acceptors (Lipinski definition) is 3. The molecule has 1 N–H and O–H groups in total. The minimum atomic E-state index is -0.667. The molecule has 1 aliphatic rings. The lowest BCUT2D eigenvalue weighted by atomic mass is 10.1. The predicted octanol–water partition coefficient (Wildman–Crippen LogP) is 2.76. The minimum Gasteiger partial charge on any atom is -0.493 e. The summed E-state index contributed by atoms with van der Waals surface area (Å²) in [6.07, 6.45) is 8.25. The van der Waals surface area contributed by atoms with E-state index >= 15 is 0 Å². The Morgan fingerprint density at radius 3 is 2.86 bits per heavy atom. The molecule has 1 saturated carbocycles. The van der Waals surface area contributed by atoms with Gasteiger partial charge in [0.15, 0.2) is 17.3 Å². The highest BCUT2D eigenvalue weighted by Gasteiger charge is 2.26.